The molecule has 1 N–H and O–H groups in total. The number of aromatic nitrogens is 2. The minimum absolute atomic E-state index is 0.187. The Labute approximate surface area is 132 Å². The molecule has 2 heterocycles. The third-order valence-electron chi connectivity index (χ3n) is 3.74. The van der Waals surface area contributed by atoms with E-state index in [1.807, 2.05) is 0 Å². The Morgan fingerprint density at radius 1 is 1.55 bits per heavy atom. The first kappa shape index (κ1) is 14.8. The molecular formula is C15H15ClFN3O2. The van der Waals surface area contributed by atoms with Crippen LogP contribution in [0.2, 0.25) is 5.02 Å². The van der Waals surface area contributed by atoms with Crippen LogP contribution < -0.4 is 10.1 Å². The zero-order chi connectivity index (χ0) is 15.9. The minimum atomic E-state index is -0.359. The van der Waals surface area contributed by atoms with Crippen molar-refractivity contribution in [2.45, 2.75) is 19.4 Å². The highest BCUT2D eigenvalue weighted by atomic mass is 35.5. The third-order valence-corrected chi connectivity index (χ3v) is 4.19. The van der Waals surface area contributed by atoms with E-state index in [0.29, 0.717) is 23.8 Å². The normalized spacial score (nSPS) is 16.8. The molecule has 0 aliphatic carbocycles. The molecule has 0 saturated carbocycles. The molecule has 0 radical (unpaired) electrons. The maximum atomic E-state index is 13.3. The van der Waals surface area contributed by atoms with Gasteiger partial charge in [0.2, 0.25) is 0 Å². The maximum absolute atomic E-state index is 13.3. The molecule has 0 bridgehead atoms. The van der Waals surface area contributed by atoms with Gasteiger partial charge in [-0.05, 0) is 37.1 Å². The van der Waals surface area contributed by atoms with Crippen LogP contribution in [0.25, 0.3) is 0 Å². The summed E-state index contributed by atoms with van der Waals surface area (Å²) in [6.45, 7) is 2.11. The molecule has 3 rings (SSSR count). The number of carbonyl (C=O) groups excluding carboxylic acids is 1. The molecule has 0 unspecified atom stereocenters. The van der Waals surface area contributed by atoms with Crippen molar-refractivity contribution >= 4 is 17.5 Å². The molecule has 7 heteroatoms. The zero-order valence-electron chi connectivity index (χ0n) is 12.2. The molecule has 2 aromatic rings. The largest absolute Gasteiger partial charge is 0.491 e. The zero-order valence-corrected chi connectivity index (χ0v) is 12.9. The van der Waals surface area contributed by atoms with E-state index in [4.69, 9.17) is 16.3 Å². The predicted molar refractivity (Wildman–Crippen MR) is 79.8 cm³/mol. The first-order valence-electron chi connectivity index (χ1n) is 6.87. The Bertz CT molecular complexity index is 745. The molecule has 5 nitrogen and oxygen atoms in total. The maximum Gasteiger partial charge on any atom is 0.273 e. The van der Waals surface area contributed by atoms with Crippen molar-refractivity contribution in [2.24, 2.45) is 7.05 Å². The van der Waals surface area contributed by atoms with Gasteiger partial charge >= 0.3 is 0 Å². The predicted octanol–water partition coefficient (Wildman–Crippen LogP) is 2.25. The SMILES string of the molecule is Cc1c(Cl)c(C(=O)N[C@@H]2COc3ccc(F)cc3C2)nn1C. The summed E-state index contributed by atoms with van der Waals surface area (Å²) in [5.41, 5.74) is 1.64. The van der Waals surface area contributed by atoms with Gasteiger partial charge in [0.05, 0.1) is 16.8 Å². The molecule has 22 heavy (non-hydrogen) atoms. The van der Waals surface area contributed by atoms with E-state index in [0.717, 1.165) is 11.3 Å². The van der Waals surface area contributed by atoms with E-state index in [9.17, 15) is 9.18 Å². The standard InChI is InChI=1S/C15H15ClFN3O2/c1-8-13(16)14(19-20(8)2)15(21)18-11-6-9-5-10(17)3-4-12(9)22-7-11/h3-5,11H,6-7H2,1-2H3,(H,18,21)/t11-/m0/s1. The second kappa shape index (κ2) is 5.61. The van der Waals surface area contributed by atoms with Gasteiger partial charge in [-0.15, -0.1) is 0 Å². The van der Waals surface area contributed by atoms with Crippen molar-refractivity contribution < 1.29 is 13.9 Å². The number of aryl methyl sites for hydroxylation is 1. The highest BCUT2D eigenvalue weighted by Crippen LogP contribution is 2.26. The lowest BCUT2D eigenvalue weighted by molar-refractivity contribution is 0.0909. The molecule has 1 aromatic heterocycles. The van der Waals surface area contributed by atoms with Crippen molar-refractivity contribution in [3.63, 3.8) is 0 Å². The molecule has 0 fully saturated rings. The number of halogens is 2. The van der Waals surface area contributed by atoms with Gasteiger partial charge in [-0.3, -0.25) is 9.48 Å². The van der Waals surface area contributed by atoms with Gasteiger partial charge in [-0.25, -0.2) is 4.39 Å². The first-order valence-corrected chi connectivity index (χ1v) is 7.24. The van der Waals surface area contributed by atoms with Gasteiger partial charge in [0.25, 0.3) is 5.91 Å². The van der Waals surface area contributed by atoms with Crippen LogP contribution in [0.4, 0.5) is 4.39 Å². The quantitative estimate of drug-likeness (QED) is 0.922. The fourth-order valence-corrected chi connectivity index (χ4v) is 2.68. The molecule has 1 aliphatic heterocycles. The lowest BCUT2D eigenvalue weighted by Gasteiger charge is -2.25. The van der Waals surface area contributed by atoms with Crippen LogP contribution in [0.5, 0.6) is 5.75 Å². The molecular weight excluding hydrogens is 309 g/mol. The fraction of sp³-hybridized carbons (Fsp3) is 0.333. The lowest BCUT2D eigenvalue weighted by atomic mass is 10.0. The van der Waals surface area contributed by atoms with E-state index in [1.54, 1.807) is 24.7 Å². The number of fused-ring (bicyclic) bond motifs is 1. The van der Waals surface area contributed by atoms with Crippen molar-refractivity contribution in [3.8, 4) is 5.75 Å². The molecule has 116 valence electrons. The summed E-state index contributed by atoms with van der Waals surface area (Å²) in [6.07, 6.45) is 0.502. The van der Waals surface area contributed by atoms with Crippen molar-refractivity contribution in [3.05, 3.63) is 46.0 Å². The van der Waals surface area contributed by atoms with E-state index in [2.05, 4.69) is 10.4 Å². The number of hydrogen-bond donors (Lipinski definition) is 1. The summed E-state index contributed by atoms with van der Waals surface area (Å²) in [5.74, 6) is -0.0292. The van der Waals surface area contributed by atoms with Gasteiger partial charge < -0.3 is 10.1 Å². The number of nitrogens with one attached hydrogen (secondary N) is 1. The smallest absolute Gasteiger partial charge is 0.273 e. The van der Waals surface area contributed by atoms with Gasteiger partial charge in [0, 0.05) is 7.05 Å². The number of nitrogens with zero attached hydrogens (tertiary/aromatic N) is 2. The van der Waals surface area contributed by atoms with Gasteiger partial charge in [0.1, 0.15) is 18.2 Å². The van der Waals surface area contributed by atoms with E-state index < -0.39 is 0 Å². The van der Waals surface area contributed by atoms with Crippen molar-refractivity contribution in [1.29, 1.82) is 0 Å². The molecule has 0 saturated heterocycles. The Morgan fingerprint density at radius 2 is 2.32 bits per heavy atom. The summed E-state index contributed by atoms with van der Waals surface area (Å²) in [6, 6.07) is 4.13. The number of benzene rings is 1. The van der Waals surface area contributed by atoms with Crippen LogP contribution >= 0.6 is 11.6 Å². The summed E-state index contributed by atoms with van der Waals surface area (Å²) < 4.78 is 20.4. The second-order valence-electron chi connectivity index (χ2n) is 5.31. The monoisotopic (exact) mass is 323 g/mol. The highest BCUT2D eigenvalue weighted by molar-refractivity contribution is 6.34. The lowest BCUT2D eigenvalue weighted by Crippen LogP contribution is -2.43. The number of carbonyl (C=O) groups is 1. The number of ether oxygens (including phenoxy) is 1. The van der Waals surface area contributed by atoms with Crippen LogP contribution in [0.15, 0.2) is 18.2 Å². The first-order chi connectivity index (χ1) is 10.5. The van der Waals surface area contributed by atoms with Crippen LogP contribution in [0, 0.1) is 12.7 Å². The summed E-state index contributed by atoms with van der Waals surface area (Å²) in [5, 5.41) is 7.27. The van der Waals surface area contributed by atoms with E-state index >= 15 is 0 Å². The molecule has 0 spiro atoms. The molecule has 1 aliphatic rings. The summed E-state index contributed by atoms with van der Waals surface area (Å²) >= 11 is 6.10. The van der Waals surface area contributed by atoms with E-state index in [1.165, 1.54) is 12.1 Å². The average Bonchev–Trinajstić information content (AvgIpc) is 2.74. The van der Waals surface area contributed by atoms with Gasteiger partial charge in [0.15, 0.2) is 5.69 Å². The van der Waals surface area contributed by atoms with Crippen molar-refractivity contribution in [1.82, 2.24) is 15.1 Å². The van der Waals surface area contributed by atoms with Crippen LogP contribution in [-0.2, 0) is 13.5 Å². The minimum Gasteiger partial charge on any atom is -0.491 e. The molecule has 1 atom stereocenters. The Morgan fingerprint density at radius 3 is 3.00 bits per heavy atom. The topological polar surface area (TPSA) is 56.1 Å². The number of rotatable bonds is 2. The van der Waals surface area contributed by atoms with E-state index in [-0.39, 0.29) is 23.5 Å². The van der Waals surface area contributed by atoms with Crippen LogP contribution in [0.1, 0.15) is 21.7 Å². The fourth-order valence-electron chi connectivity index (χ4n) is 2.44. The average molecular weight is 324 g/mol. The molecule has 1 amide bonds. The van der Waals surface area contributed by atoms with Gasteiger partial charge in [-0.2, -0.15) is 5.10 Å². The third kappa shape index (κ3) is 2.66. The Balaban J connectivity index is 1.74. The van der Waals surface area contributed by atoms with Crippen LogP contribution in [0.3, 0.4) is 0 Å². The number of hydrogen-bond acceptors (Lipinski definition) is 3. The molecule has 1 aromatic carbocycles. The number of amides is 1. The summed E-state index contributed by atoms with van der Waals surface area (Å²) in [7, 11) is 1.72. The second-order valence-corrected chi connectivity index (χ2v) is 5.69. The van der Waals surface area contributed by atoms with Gasteiger partial charge in [-0.1, -0.05) is 11.6 Å². The Hall–Kier alpha value is -2.08. The highest BCUT2D eigenvalue weighted by Gasteiger charge is 2.25. The van der Waals surface area contributed by atoms with Crippen molar-refractivity contribution in [2.75, 3.05) is 6.61 Å². The Kier molecular flexibility index (Phi) is 3.78. The summed E-state index contributed by atoms with van der Waals surface area (Å²) in [4.78, 5) is 12.3. The van der Waals surface area contributed by atoms with Crippen LogP contribution in [-0.4, -0.2) is 28.3 Å².